The Bertz CT molecular complexity index is 908. The third-order valence-electron chi connectivity index (χ3n) is 5.63. The van der Waals surface area contributed by atoms with Crippen LogP contribution in [0.1, 0.15) is 29.3 Å². The summed E-state index contributed by atoms with van der Waals surface area (Å²) in [5, 5.41) is 2.24. The highest BCUT2D eigenvalue weighted by Gasteiger charge is 2.26. The molecule has 2 heterocycles. The summed E-state index contributed by atoms with van der Waals surface area (Å²) in [6.07, 6.45) is 2.16. The minimum absolute atomic E-state index is 0.590. The van der Waals surface area contributed by atoms with Gasteiger partial charge in [-0.05, 0) is 62.7 Å². The first-order valence-corrected chi connectivity index (χ1v) is 9.46. The van der Waals surface area contributed by atoms with Crippen LogP contribution in [0.3, 0.4) is 0 Å². The standard InChI is InChI=1S/C22H25ClN2/c1-15-4-9-21-19(12-15)20-14-24(3)16(2)13-22(20)25(21)11-10-17-5-7-18(23)8-6-17/h4-9,12,16H,10-11,13-14H2,1-3H3. The number of likely N-dealkylation sites (N-methyl/N-ethyl adjacent to an activating group) is 1. The average molecular weight is 353 g/mol. The highest BCUT2D eigenvalue weighted by Crippen LogP contribution is 2.33. The number of fused-ring (bicyclic) bond motifs is 3. The van der Waals surface area contributed by atoms with Crippen molar-refractivity contribution in [3.8, 4) is 0 Å². The Morgan fingerprint density at radius 2 is 1.88 bits per heavy atom. The van der Waals surface area contributed by atoms with Crippen molar-refractivity contribution in [2.75, 3.05) is 7.05 Å². The molecule has 0 radical (unpaired) electrons. The van der Waals surface area contributed by atoms with E-state index in [0.29, 0.717) is 6.04 Å². The van der Waals surface area contributed by atoms with Gasteiger partial charge in [0, 0.05) is 47.2 Å². The van der Waals surface area contributed by atoms with Crippen LogP contribution in [0.2, 0.25) is 5.02 Å². The summed E-state index contributed by atoms with van der Waals surface area (Å²) >= 11 is 6.02. The van der Waals surface area contributed by atoms with Gasteiger partial charge in [0.05, 0.1) is 0 Å². The van der Waals surface area contributed by atoms with Gasteiger partial charge in [0.15, 0.2) is 0 Å². The van der Waals surface area contributed by atoms with Crippen molar-refractivity contribution in [1.82, 2.24) is 9.47 Å². The predicted molar refractivity (Wildman–Crippen MR) is 106 cm³/mol. The van der Waals surface area contributed by atoms with E-state index in [4.69, 9.17) is 11.6 Å². The van der Waals surface area contributed by atoms with Gasteiger partial charge in [0.25, 0.3) is 0 Å². The van der Waals surface area contributed by atoms with Crippen LogP contribution in [0, 0.1) is 6.92 Å². The number of rotatable bonds is 3. The molecule has 4 rings (SSSR count). The Morgan fingerprint density at radius 1 is 1.12 bits per heavy atom. The molecule has 1 aliphatic rings. The number of hydrogen-bond donors (Lipinski definition) is 0. The Kier molecular flexibility index (Phi) is 4.35. The van der Waals surface area contributed by atoms with E-state index < -0.39 is 0 Å². The second kappa shape index (κ2) is 6.51. The highest BCUT2D eigenvalue weighted by atomic mass is 35.5. The van der Waals surface area contributed by atoms with E-state index in [9.17, 15) is 0 Å². The normalized spacial score (nSPS) is 17.8. The monoisotopic (exact) mass is 352 g/mol. The lowest BCUT2D eigenvalue weighted by Gasteiger charge is -2.31. The summed E-state index contributed by atoms with van der Waals surface area (Å²) < 4.78 is 2.56. The molecule has 0 N–H and O–H groups in total. The molecule has 25 heavy (non-hydrogen) atoms. The van der Waals surface area contributed by atoms with Gasteiger partial charge in [-0.1, -0.05) is 35.4 Å². The van der Waals surface area contributed by atoms with Gasteiger partial charge >= 0.3 is 0 Å². The van der Waals surface area contributed by atoms with Crippen molar-refractivity contribution in [2.24, 2.45) is 0 Å². The molecule has 1 aliphatic heterocycles. The van der Waals surface area contributed by atoms with Gasteiger partial charge in [0.1, 0.15) is 0 Å². The summed E-state index contributed by atoms with van der Waals surface area (Å²) in [6.45, 7) is 6.58. The van der Waals surface area contributed by atoms with E-state index in [2.05, 4.69) is 60.7 Å². The third-order valence-corrected chi connectivity index (χ3v) is 5.88. The van der Waals surface area contributed by atoms with E-state index in [1.165, 1.54) is 33.3 Å². The van der Waals surface area contributed by atoms with Gasteiger partial charge in [-0.25, -0.2) is 0 Å². The van der Waals surface area contributed by atoms with Crippen LogP contribution in [0.25, 0.3) is 10.9 Å². The number of nitrogens with zero attached hydrogens (tertiary/aromatic N) is 2. The second-order valence-electron chi connectivity index (χ2n) is 7.44. The topological polar surface area (TPSA) is 8.17 Å². The van der Waals surface area contributed by atoms with Crippen LogP contribution in [-0.4, -0.2) is 22.6 Å². The van der Waals surface area contributed by atoms with Crippen LogP contribution in [0.4, 0.5) is 0 Å². The summed E-state index contributed by atoms with van der Waals surface area (Å²) in [5.41, 5.74) is 7.11. The lowest BCUT2D eigenvalue weighted by molar-refractivity contribution is 0.228. The molecule has 3 aromatic rings. The zero-order chi connectivity index (χ0) is 17.6. The maximum absolute atomic E-state index is 6.02. The molecule has 0 amide bonds. The molecule has 0 bridgehead atoms. The van der Waals surface area contributed by atoms with E-state index >= 15 is 0 Å². The Balaban J connectivity index is 1.74. The molecule has 0 fully saturated rings. The molecule has 1 atom stereocenters. The summed E-state index contributed by atoms with van der Waals surface area (Å²) in [4.78, 5) is 2.47. The van der Waals surface area contributed by atoms with Crippen LogP contribution >= 0.6 is 11.6 Å². The van der Waals surface area contributed by atoms with Crippen molar-refractivity contribution in [3.63, 3.8) is 0 Å². The predicted octanol–water partition coefficient (Wildman–Crippen LogP) is 5.22. The molecule has 1 aromatic heterocycles. The van der Waals surface area contributed by atoms with E-state index in [1.54, 1.807) is 0 Å². The molecule has 2 aromatic carbocycles. The summed E-state index contributed by atoms with van der Waals surface area (Å²) in [7, 11) is 2.24. The number of benzene rings is 2. The number of halogens is 1. The minimum atomic E-state index is 0.590. The first-order valence-electron chi connectivity index (χ1n) is 9.08. The van der Waals surface area contributed by atoms with Crippen LogP contribution < -0.4 is 0 Å². The molecule has 3 heteroatoms. The number of aryl methyl sites for hydroxylation is 3. The third kappa shape index (κ3) is 3.09. The Morgan fingerprint density at radius 3 is 2.64 bits per heavy atom. The fraction of sp³-hybridized carbons (Fsp3) is 0.364. The zero-order valence-electron chi connectivity index (χ0n) is 15.2. The van der Waals surface area contributed by atoms with Crippen molar-refractivity contribution in [2.45, 2.75) is 45.8 Å². The second-order valence-corrected chi connectivity index (χ2v) is 7.88. The quantitative estimate of drug-likeness (QED) is 0.627. The van der Waals surface area contributed by atoms with Crippen molar-refractivity contribution in [3.05, 3.63) is 69.9 Å². The number of hydrogen-bond acceptors (Lipinski definition) is 1. The summed E-state index contributed by atoms with van der Waals surface area (Å²) in [6, 6.07) is 15.7. The Labute approximate surface area is 155 Å². The molecule has 2 nitrogen and oxygen atoms in total. The Hall–Kier alpha value is -1.77. The molecule has 1 unspecified atom stereocenters. The van der Waals surface area contributed by atoms with Gasteiger partial charge in [-0.3, -0.25) is 4.90 Å². The maximum atomic E-state index is 6.02. The van der Waals surface area contributed by atoms with Gasteiger partial charge in [-0.15, -0.1) is 0 Å². The van der Waals surface area contributed by atoms with Crippen molar-refractivity contribution < 1.29 is 0 Å². The maximum Gasteiger partial charge on any atom is 0.0486 e. The lowest BCUT2D eigenvalue weighted by atomic mass is 9.99. The SMILES string of the molecule is Cc1ccc2c(c1)c1c(n2CCc2ccc(Cl)cc2)CC(C)N(C)C1. The highest BCUT2D eigenvalue weighted by molar-refractivity contribution is 6.30. The molecule has 0 saturated heterocycles. The van der Waals surface area contributed by atoms with Gasteiger partial charge < -0.3 is 4.57 Å². The van der Waals surface area contributed by atoms with Gasteiger partial charge in [-0.2, -0.15) is 0 Å². The van der Waals surface area contributed by atoms with Crippen LogP contribution in [0.5, 0.6) is 0 Å². The molecule has 130 valence electrons. The fourth-order valence-corrected chi connectivity index (χ4v) is 4.11. The first kappa shape index (κ1) is 16.7. The molecular weight excluding hydrogens is 328 g/mol. The van der Waals surface area contributed by atoms with Gasteiger partial charge in [0.2, 0.25) is 0 Å². The summed E-state index contributed by atoms with van der Waals surface area (Å²) in [5.74, 6) is 0. The van der Waals surface area contributed by atoms with E-state index in [-0.39, 0.29) is 0 Å². The zero-order valence-corrected chi connectivity index (χ0v) is 16.0. The molecule has 0 saturated carbocycles. The fourth-order valence-electron chi connectivity index (χ4n) is 3.99. The smallest absolute Gasteiger partial charge is 0.0486 e. The minimum Gasteiger partial charge on any atom is -0.344 e. The average Bonchev–Trinajstić information content (AvgIpc) is 2.87. The molecule has 0 spiro atoms. The molecule has 0 aliphatic carbocycles. The van der Waals surface area contributed by atoms with Crippen LogP contribution in [-0.2, 0) is 25.9 Å². The largest absolute Gasteiger partial charge is 0.344 e. The van der Waals surface area contributed by atoms with E-state index in [1.807, 2.05) is 12.1 Å². The molecular formula is C22H25ClN2. The van der Waals surface area contributed by atoms with Crippen LogP contribution in [0.15, 0.2) is 42.5 Å². The van der Waals surface area contributed by atoms with Crippen molar-refractivity contribution >= 4 is 22.5 Å². The number of aromatic nitrogens is 1. The van der Waals surface area contributed by atoms with Crippen molar-refractivity contribution in [1.29, 1.82) is 0 Å². The first-order chi connectivity index (χ1) is 12.0. The lowest BCUT2D eigenvalue weighted by Crippen LogP contribution is -2.35. The van der Waals surface area contributed by atoms with E-state index in [0.717, 1.165) is 31.0 Å².